The molecule has 38 heavy (non-hydrogen) atoms. The molecule has 5 aromatic rings. The lowest BCUT2D eigenvalue weighted by Crippen LogP contribution is -2.38. The Morgan fingerprint density at radius 3 is 2.66 bits per heavy atom. The highest BCUT2D eigenvalue weighted by Crippen LogP contribution is 2.41. The quantitative estimate of drug-likeness (QED) is 0.257. The zero-order chi connectivity index (χ0) is 25.8. The summed E-state index contributed by atoms with van der Waals surface area (Å²) in [7, 11) is 0. The Balaban J connectivity index is 1.48. The molecule has 0 fully saturated rings. The van der Waals surface area contributed by atoms with Crippen molar-refractivity contribution >= 4 is 45.6 Å². The van der Waals surface area contributed by atoms with E-state index in [2.05, 4.69) is 53.7 Å². The van der Waals surface area contributed by atoms with Gasteiger partial charge in [0.25, 0.3) is 5.56 Å². The summed E-state index contributed by atoms with van der Waals surface area (Å²) in [5.41, 5.74) is 7.83. The van der Waals surface area contributed by atoms with Gasteiger partial charge in [0.15, 0.2) is 4.80 Å². The average molecular weight is 534 g/mol. The first kappa shape index (κ1) is 23.2. The SMILES string of the molecule is C=CCn1cc(C=c2sc3n(c2=O)C(c2ccc(Cl)cc2)C2=C(N=3)c3ccccc3CC2)c2ccccc21. The highest BCUT2D eigenvalue weighted by molar-refractivity contribution is 7.07. The third-order valence-corrected chi connectivity index (χ3v) is 8.73. The number of aryl methyl sites for hydroxylation is 1. The molecule has 1 aliphatic carbocycles. The summed E-state index contributed by atoms with van der Waals surface area (Å²) in [5.74, 6) is 0. The van der Waals surface area contributed by atoms with Crippen LogP contribution in [0.25, 0.3) is 22.7 Å². The van der Waals surface area contributed by atoms with Crippen molar-refractivity contribution < 1.29 is 0 Å². The Morgan fingerprint density at radius 2 is 1.82 bits per heavy atom. The highest BCUT2D eigenvalue weighted by Gasteiger charge is 2.32. The summed E-state index contributed by atoms with van der Waals surface area (Å²) in [6, 6.07) is 24.4. The van der Waals surface area contributed by atoms with Gasteiger partial charge in [0.05, 0.1) is 16.3 Å². The van der Waals surface area contributed by atoms with Gasteiger partial charge in [-0.05, 0) is 53.8 Å². The van der Waals surface area contributed by atoms with E-state index in [-0.39, 0.29) is 11.6 Å². The van der Waals surface area contributed by atoms with Crippen LogP contribution in [0.3, 0.4) is 0 Å². The van der Waals surface area contributed by atoms with Crippen molar-refractivity contribution in [2.75, 3.05) is 0 Å². The van der Waals surface area contributed by atoms with Crippen LogP contribution in [0, 0.1) is 0 Å². The van der Waals surface area contributed by atoms with Crippen LogP contribution in [0.5, 0.6) is 0 Å². The van der Waals surface area contributed by atoms with Crippen LogP contribution in [0.1, 0.15) is 34.7 Å². The fourth-order valence-electron chi connectivity index (χ4n) is 5.79. The molecule has 1 unspecified atom stereocenters. The zero-order valence-electron chi connectivity index (χ0n) is 20.6. The number of rotatable bonds is 4. The summed E-state index contributed by atoms with van der Waals surface area (Å²) in [4.78, 5) is 19.9. The number of aromatic nitrogens is 2. The number of halogens is 1. The Hall–Kier alpha value is -3.93. The van der Waals surface area contributed by atoms with E-state index < -0.39 is 0 Å². The van der Waals surface area contributed by atoms with Gasteiger partial charge in [0.2, 0.25) is 0 Å². The van der Waals surface area contributed by atoms with Crippen molar-refractivity contribution in [1.29, 1.82) is 0 Å². The molecular formula is C32H24ClN3OS. The number of para-hydroxylation sites is 1. The van der Waals surface area contributed by atoms with E-state index in [1.54, 1.807) is 0 Å². The fourth-order valence-corrected chi connectivity index (χ4v) is 6.91. The van der Waals surface area contributed by atoms with Crippen molar-refractivity contribution in [1.82, 2.24) is 9.13 Å². The standard InChI is InChI=1S/C32H24ClN3OS/c1-2-17-35-19-22(24-8-5-6-10-27(24)35)18-28-31(37)36-30(21-11-14-23(33)15-12-21)26-16-13-20-7-3-4-9-25(20)29(26)34-32(36)38-28/h2-12,14-15,18-19,30H,1,13,16-17H2. The highest BCUT2D eigenvalue weighted by atomic mass is 35.5. The third-order valence-electron chi connectivity index (χ3n) is 7.49. The maximum absolute atomic E-state index is 14.1. The van der Waals surface area contributed by atoms with Gasteiger partial charge in [0, 0.05) is 39.8 Å². The molecule has 4 nitrogen and oxygen atoms in total. The van der Waals surface area contributed by atoms with Gasteiger partial charge in [-0.2, -0.15) is 0 Å². The Morgan fingerprint density at radius 1 is 1.03 bits per heavy atom. The number of benzene rings is 3. The van der Waals surface area contributed by atoms with E-state index in [0.29, 0.717) is 16.1 Å². The first-order valence-corrected chi connectivity index (χ1v) is 13.9. The monoisotopic (exact) mass is 533 g/mol. The number of nitrogens with zero attached hydrogens (tertiary/aromatic N) is 3. The summed E-state index contributed by atoms with van der Waals surface area (Å²) in [5, 5.41) is 1.79. The Bertz CT molecular complexity index is 1960. The van der Waals surface area contributed by atoms with E-state index in [0.717, 1.165) is 50.9 Å². The molecule has 186 valence electrons. The van der Waals surface area contributed by atoms with Crippen molar-refractivity contribution in [2.45, 2.75) is 25.4 Å². The predicted molar refractivity (Wildman–Crippen MR) is 156 cm³/mol. The van der Waals surface area contributed by atoms with Crippen LogP contribution in [0.2, 0.25) is 5.02 Å². The third kappa shape index (κ3) is 3.65. The van der Waals surface area contributed by atoms with Crippen LogP contribution >= 0.6 is 22.9 Å². The average Bonchev–Trinajstić information content (AvgIpc) is 3.45. The molecule has 2 aliphatic rings. The summed E-state index contributed by atoms with van der Waals surface area (Å²) >= 11 is 7.70. The first-order valence-electron chi connectivity index (χ1n) is 12.7. The molecule has 6 heteroatoms. The molecule has 0 radical (unpaired) electrons. The van der Waals surface area contributed by atoms with Gasteiger partial charge in [-0.25, -0.2) is 4.99 Å². The van der Waals surface area contributed by atoms with Gasteiger partial charge in [0.1, 0.15) is 0 Å². The molecule has 2 aromatic heterocycles. The molecule has 0 amide bonds. The molecule has 0 bridgehead atoms. The maximum Gasteiger partial charge on any atom is 0.271 e. The number of thiazole rings is 1. The van der Waals surface area contributed by atoms with E-state index >= 15 is 0 Å². The molecule has 0 N–H and O–H groups in total. The van der Waals surface area contributed by atoms with Crippen LogP contribution < -0.4 is 14.9 Å². The number of allylic oxidation sites excluding steroid dienone is 2. The Labute approximate surface area is 228 Å². The van der Waals surface area contributed by atoms with Crippen LogP contribution in [0.15, 0.2) is 107 Å². The molecule has 3 heterocycles. The molecule has 3 aromatic carbocycles. The molecule has 1 aliphatic heterocycles. The van der Waals surface area contributed by atoms with Gasteiger partial charge < -0.3 is 4.57 Å². The molecule has 1 atom stereocenters. The van der Waals surface area contributed by atoms with E-state index in [1.165, 1.54) is 22.5 Å². The number of fused-ring (bicyclic) bond motifs is 4. The van der Waals surface area contributed by atoms with Gasteiger partial charge in [-0.1, -0.05) is 83.6 Å². The minimum Gasteiger partial charge on any atom is -0.343 e. The largest absolute Gasteiger partial charge is 0.343 e. The van der Waals surface area contributed by atoms with Crippen molar-refractivity contribution in [3.63, 3.8) is 0 Å². The minimum absolute atomic E-state index is 0.0142. The predicted octanol–water partition coefficient (Wildman–Crippen LogP) is 6.11. The summed E-state index contributed by atoms with van der Waals surface area (Å²) in [6.45, 7) is 4.61. The van der Waals surface area contributed by atoms with Gasteiger partial charge in [-0.3, -0.25) is 9.36 Å². The molecule has 7 rings (SSSR count). The summed E-state index contributed by atoms with van der Waals surface area (Å²) < 4.78 is 4.73. The van der Waals surface area contributed by atoms with E-state index in [4.69, 9.17) is 16.6 Å². The second-order valence-electron chi connectivity index (χ2n) is 9.71. The topological polar surface area (TPSA) is 39.3 Å². The minimum atomic E-state index is -0.212. The van der Waals surface area contributed by atoms with E-state index in [1.807, 2.05) is 53.1 Å². The van der Waals surface area contributed by atoms with Crippen LogP contribution in [-0.2, 0) is 13.0 Å². The van der Waals surface area contributed by atoms with E-state index in [9.17, 15) is 4.79 Å². The van der Waals surface area contributed by atoms with Crippen molar-refractivity contribution in [2.24, 2.45) is 4.99 Å². The molecule has 0 spiro atoms. The van der Waals surface area contributed by atoms with Crippen molar-refractivity contribution in [3.8, 4) is 0 Å². The second-order valence-corrected chi connectivity index (χ2v) is 11.2. The number of hydrogen-bond donors (Lipinski definition) is 0. The maximum atomic E-state index is 14.1. The fraction of sp³-hybridized carbons (Fsp3) is 0.125. The van der Waals surface area contributed by atoms with Crippen LogP contribution in [-0.4, -0.2) is 9.13 Å². The molecule has 0 saturated carbocycles. The lowest BCUT2D eigenvalue weighted by Gasteiger charge is -2.30. The second kappa shape index (κ2) is 9.12. The lowest BCUT2D eigenvalue weighted by atomic mass is 9.83. The smallest absolute Gasteiger partial charge is 0.271 e. The summed E-state index contributed by atoms with van der Waals surface area (Å²) in [6.07, 6.45) is 7.80. The van der Waals surface area contributed by atoms with Crippen LogP contribution in [0.4, 0.5) is 0 Å². The van der Waals surface area contributed by atoms with Crippen molar-refractivity contribution in [3.05, 3.63) is 144 Å². The number of hydrogen-bond acceptors (Lipinski definition) is 3. The zero-order valence-corrected chi connectivity index (χ0v) is 22.2. The van der Waals surface area contributed by atoms with Gasteiger partial charge in [-0.15, -0.1) is 6.58 Å². The van der Waals surface area contributed by atoms with Gasteiger partial charge >= 0.3 is 0 Å². The normalized spacial score (nSPS) is 16.7. The molecular weight excluding hydrogens is 510 g/mol. The first-order chi connectivity index (χ1) is 18.6. The lowest BCUT2D eigenvalue weighted by molar-refractivity contribution is 0.585. The molecule has 0 saturated heterocycles. The Kier molecular flexibility index (Phi) is 5.57.